The molecule has 2 unspecified atom stereocenters. The molecule has 0 bridgehead atoms. The van der Waals surface area contributed by atoms with Gasteiger partial charge in [-0.25, -0.2) is 0 Å². The lowest BCUT2D eigenvalue weighted by Crippen LogP contribution is -2.54. The summed E-state index contributed by atoms with van der Waals surface area (Å²) < 4.78 is 0. The van der Waals surface area contributed by atoms with Crippen molar-refractivity contribution in [1.82, 2.24) is 15.1 Å². The van der Waals surface area contributed by atoms with E-state index in [0.717, 1.165) is 58.4 Å². The number of hydrogen-bond donors (Lipinski definition) is 1. The highest BCUT2D eigenvalue weighted by Crippen LogP contribution is 2.30. The lowest BCUT2D eigenvalue weighted by Gasteiger charge is -2.40. The van der Waals surface area contributed by atoms with Crippen LogP contribution in [0.5, 0.6) is 0 Å². The van der Waals surface area contributed by atoms with Crippen LogP contribution in [0.3, 0.4) is 0 Å². The standard InChI is InChI=1S/C15H29N3O/c1-4-13-11-17(3)9-6-10-18(13)14(19)15(2)7-5-8-16-12-15/h13,16H,4-12H2,1-3H3. The summed E-state index contributed by atoms with van der Waals surface area (Å²) in [7, 11) is 2.17. The van der Waals surface area contributed by atoms with E-state index in [1.807, 2.05) is 0 Å². The molecule has 2 saturated heterocycles. The normalized spacial score (nSPS) is 34.1. The molecule has 1 N–H and O–H groups in total. The summed E-state index contributed by atoms with van der Waals surface area (Å²) in [5.74, 6) is 0.377. The molecule has 0 aromatic carbocycles. The second-order valence-corrected chi connectivity index (χ2v) is 6.52. The molecule has 0 aromatic rings. The fraction of sp³-hybridized carbons (Fsp3) is 0.933. The lowest BCUT2D eigenvalue weighted by atomic mass is 9.81. The largest absolute Gasteiger partial charge is 0.338 e. The second kappa shape index (κ2) is 6.23. The quantitative estimate of drug-likeness (QED) is 0.819. The SMILES string of the molecule is CCC1CN(C)CCCN1C(=O)C1(C)CCCNC1. The molecular weight excluding hydrogens is 238 g/mol. The van der Waals surface area contributed by atoms with Crippen molar-refractivity contribution in [1.29, 1.82) is 0 Å². The van der Waals surface area contributed by atoms with Crippen LogP contribution >= 0.6 is 0 Å². The third-order valence-corrected chi connectivity index (χ3v) is 4.75. The molecule has 4 nitrogen and oxygen atoms in total. The Hall–Kier alpha value is -0.610. The first-order chi connectivity index (χ1) is 9.07. The van der Waals surface area contributed by atoms with Gasteiger partial charge in [-0.1, -0.05) is 6.92 Å². The zero-order valence-electron chi connectivity index (χ0n) is 12.7. The van der Waals surface area contributed by atoms with Gasteiger partial charge >= 0.3 is 0 Å². The Kier molecular flexibility index (Phi) is 4.85. The number of hydrogen-bond acceptors (Lipinski definition) is 3. The first-order valence-corrected chi connectivity index (χ1v) is 7.77. The first kappa shape index (κ1) is 14.8. The van der Waals surface area contributed by atoms with E-state index in [1.165, 1.54) is 0 Å². The topological polar surface area (TPSA) is 35.6 Å². The van der Waals surface area contributed by atoms with E-state index >= 15 is 0 Å². The number of carbonyl (C=O) groups is 1. The molecule has 0 aliphatic carbocycles. The Balaban J connectivity index is 2.10. The molecule has 110 valence electrons. The average Bonchev–Trinajstić information content (AvgIpc) is 2.60. The van der Waals surface area contributed by atoms with E-state index in [2.05, 4.69) is 36.0 Å². The van der Waals surface area contributed by atoms with Gasteiger partial charge in [0.2, 0.25) is 5.91 Å². The minimum absolute atomic E-state index is 0.186. The molecule has 0 spiro atoms. The van der Waals surface area contributed by atoms with Crippen molar-refractivity contribution in [3.05, 3.63) is 0 Å². The van der Waals surface area contributed by atoms with E-state index < -0.39 is 0 Å². The Morgan fingerprint density at radius 2 is 2.16 bits per heavy atom. The van der Waals surface area contributed by atoms with Crippen LogP contribution < -0.4 is 5.32 Å². The molecule has 2 aliphatic heterocycles. The van der Waals surface area contributed by atoms with Gasteiger partial charge in [0.25, 0.3) is 0 Å². The van der Waals surface area contributed by atoms with Crippen LogP contribution in [0.15, 0.2) is 0 Å². The van der Waals surface area contributed by atoms with Crippen molar-refractivity contribution >= 4 is 5.91 Å². The lowest BCUT2D eigenvalue weighted by molar-refractivity contribution is -0.144. The van der Waals surface area contributed by atoms with Gasteiger partial charge in [0, 0.05) is 25.7 Å². The molecule has 2 rings (SSSR count). The minimum atomic E-state index is -0.186. The number of carbonyl (C=O) groups excluding carboxylic acids is 1. The van der Waals surface area contributed by atoms with E-state index in [9.17, 15) is 4.79 Å². The summed E-state index contributed by atoms with van der Waals surface area (Å²) in [4.78, 5) is 17.5. The van der Waals surface area contributed by atoms with Crippen LogP contribution in [-0.2, 0) is 4.79 Å². The Morgan fingerprint density at radius 3 is 2.79 bits per heavy atom. The van der Waals surface area contributed by atoms with Gasteiger partial charge in [-0.2, -0.15) is 0 Å². The third kappa shape index (κ3) is 3.29. The molecule has 2 heterocycles. The second-order valence-electron chi connectivity index (χ2n) is 6.52. The Labute approximate surface area is 117 Å². The predicted molar refractivity (Wildman–Crippen MR) is 78.1 cm³/mol. The van der Waals surface area contributed by atoms with Crippen molar-refractivity contribution in [3.8, 4) is 0 Å². The van der Waals surface area contributed by atoms with Gasteiger partial charge in [0.1, 0.15) is 0 Å². The molecule has 2 atom stereocenters. The summed E-state index contributed by atoms with van der Waals surface area (Å²) in [6.45, 7) is 9.30. The highest BCUT2D eigenvalue weighted by Gasteiger charge is 2.40. The van der Waals surface area contributed by atoms with E-state index in [4.69, 9.17) is 0 Å². The summed E-state index contributed by atoms with van der Waals surface area (Å²) >= 11 is 0. The fourth-order valence-corrected chi connectivity index (χ4v) is 3.45. The third-order valence-electron chi connectivity index (χ3n) is 4.75. The smallest absolute Gasteiger partial charge is 0.230 e. The zero-order valence-corrected chi connectivity index (χ0v) is 12.7. The van der Waals surface area contributed by atoms with Gasteiger partial charge in [0.15, 0.2) is 0 Å². The van der Waals surface area contributed by atoms with Crippen molar-refractivity contribution < 1.29 is 4.79 Å². The van der Waals surface area contributed by atoms with Crippen molar-refractivity contribution in [2.75, 3.05) is 39.8 Å². The van der Waals surface area contributed by atoms with Gasteiger partial charge < -0.3 is 15.1 Å². The van der Waals surface area contributed by atoms with Crippen LogP contribution in [0.25, 0.3) is 0 Å². The summed E-state index contributed by atoms with van der Waals surface area (Å²) in [6.07, 6.45) is 4.30. The van der Waals surface area contributed by atoms with Gasteiger partial charge in [-0.05, 0) is 52.7 Å². The molecule has 0 radical (unpaired) electrons. The highest BCUT2D eigenvalue weighted by atomic mass is 16.2. The molecule has 0 saturated carbocycles. The molecule has 2 aliphatic rings. The number of piperidine rings is 1. The number of rotatable bonds is 2. The Morgan fingerprint density at radius 1 is 1.37 bits per heavy atom. The van der Waals surface area contributed by atoms with E-state index in [-0.39, 0.29) is 5.41 Å². The van der Waals surface area contributed by atoms with E-state index in [1.54, 1.807) is 0 Å². The monoisotopic (exact) mass is 267 g/mol. The highest BCUT2D eigenvalue weighted by molar-refractivity contribution is 5.83. The van der Waals surface area contributed by atoms with Crippen molar-refractivity contribution in [2.45, 2.75) is 45.6 Å². The maximum Gasteiger partial charge on any atom is 0.230 e. The summed E-state index contributed by atoms with van der Waals surface area (Å²) in [5.41, 5.74) is -0.186. The van der Waals surface area contributed by atoms with Gasteiger partial charge in [0.05, 0.1) is 5.41 Å². The fourth-order valence-electron chi connectivity index (χ4n) is 3.45. The van der Waals surface area contributed by atoms with E-state index in [0.29, 0.717) is 11.9 Å². The molecular formula is C15H29N3O. The van der Waals surface area contributed by atoms with Crippen molar-refractivity contribution in [3.63, 3.8) is 0 Å². The van der Waals surface area contributed by atoms with Gasteiger partial charge in [-0.3, -0.25) is 4.79 Å². The number of nitrogens with zero attached hydrogens (tertiary/aromatic N) is 2. The number of likely N-dealkylation sites (N-methyl/N-ethyl adjacent to an activating group) is 1. The maximum absolute atomic E-state index is 13.0. The molecule has 2 fully saturated rings. The molecule has 1 amide bonds. The minimum Gasteiger partial charge on any atom is -0.338 e. The van der Waals surface area contributed by atoms with Crippen LogP contribution in [0.4, 0.5) is 0 Å². The zero-order chi connectivity index (χ0) is 13.9. The summed E-state index contributed by atoms with van der Waals surface area (Å²) in [6, 6.07) is 0.388. The first-order valence-electron chi connectivity index (χ1n) is 7.77. The van der Waals surface area contributed by atoms with Gasteiger partial charge in [-0.15, -0.1) is 0 Å². The maximum atomic E-state index is 13.0. The van der Waals surface area contributed by atoms with Crippen LogP contribution in [0.1, 0.15) is 39.5 Å². The molecule has 19 heavy (non-hydrogen) atoms. The van der Waals surface area contributed by atoms with Crippen LogP contribution in [0, 0.1) is 5.41 Å². The van der Waals surface area contributed by atoms with Crippen LogP contribution in [-0.4, -0.2) is 61.5 Å². The molecule has 0 aromatic heterocycles. The summed E-state index contributed by atoms with van der Waals surface area (Å²) in [5, 5.41) is 3.39. The predicted octanol–water partition coefficient (Wildman–Crippen LogP) is 1.32. The average molecular weight is 267 g/mol. The van der Waals surface area contributed by atoms with Crippen LogP contribution in [0.2, 0.25) is 0 Å². The number of amides is 1. The number of nitrogens with one attached hydrogen (secondary N) is 1. The van der Waals surface area contributed by atoms with Crippen molar-refractivity contribution in [2.24, 2.45) is 5.41 Å². The molecule has 4 heteroatoms. The Bertz CT molecular complexity index is 313.